The van der Waals surface area contributed by atoms with Crippen LogP contribution in [-0.2, 0) is 0 Å². The van der Waals surface area contributed by atoms with Crippen LogP contribution in [-0.4, -0.2) is 10.8 Å². The Kier molecular flexibility index (Phi) is 3.93. The number of hydrogen-bond acceptors (Lipinski definition) is 4. The van der Waals surface area contributed by atoms with Crippen LogP contribution < -0.4 is 5.32 Å². The molecule has 4 nitrogen and oxygen atoms in total. The Morgan fingerprint density at radius 3 is 2.89 bits per heavy atom. The Balaban J connectivity index is 2.34. The van der Waals surface area contributed by atoms with Crippen molar-refractivity contribution < 1.29 is 4.79 Å². The molecule has 2 rings (SSSR count). The minimum atomic E-state index is -0.00655. The number of ketones is 1. The second-order valence-electron chi connectivity index (χ2n) is 3.92. The highest BCUT2D eigenvalue weighted by atomic mass is 79.9. The van der Waals surface area contributed by atoms with Gasteiger partial charge in [0.1, 0.15) is 11.9 Å². The molecule has 0 spiro atoms. The predicted octanol–water partition coefficient (Wildman–Crippen LogP) is 3.66. The van der Waals surface area contributed by atoms with Gasteiger partial charge in [0.15, 0.2) is 5.78 Å². The second kappa shape index (κ2) is 5.63. The molecule has 2 aromatic rings. The molecule has 0 saturated carbocycles. The van der Waals surface area contributed by atoms with Gasteiger partial charge in [0, 0.05) is 21.9 Å². The van der Waals surface area contributed by atoms with Crippen LogP contribution in [0.15, 0.2) is 41.0 Å². The monoisotopic (exact) mass is 315 g/mol. The molecule has 1 aromatic heterocycles. The fraction of sp³-hybridized carbons (Fsp3) is 0.0714. The van der Waals surface area contributed by atoms with E-state index < -0.39 is 0 Å². The molecule has 19 heavy (non-hydrogen) atoms. The van der Waals surface area contributed by atoms with Crippen molar-refractivity contribution in [3.8, 4) is 6.07 Å². The summed E-state index contributed by atoms with van der Waals surface area (Å²) < 4.78 is 0.743. The van der Waals surface area contributed by atoms with E-state index in [0.29, 0.717) is 16.9 Å². The van der Waals surface area contributed by atoms with Gasteiger partial charge in [-0.1, -0.05) is 12.1 Å². The van der Waals surface area contributed by atoms with E-state index in [1.165, 1.54) is 6.92 Å². The third-order valence-corrected chi connectivity index (χ3v) is 2.94. The molecular formula is C14H10BrN3O. The average Bonchev–Trinajstić information content (AvgIpc) is 2.41. The summed E-state index contributed by atoms with van der Waals surface area (Å²) in [5, 5.41) is 12.1. The first-order chi connectivity index (χ1) is 9.10. The largest absolute Gasteiger partial charge is 0.339 e. The van der Waals surface area contributed by atoms with Crippen molar-refractivity contribution >= 4 is 33.2 Å². The second-order valence-corrected chi connectivity index (χ2v) is 4.84. The van der Waals surface area contributed by atoms with Crippen molar-refractivity contribution in [2.24, 2.45) is 0 Å². The summed E-state index contributed by atoms with van der Waals surface area (Å²) in [6, 6.07) is 10.8. The molecule has 0 atom stereocenters. The molecular weight excluding hydrogens is 306 g/mol. The standard InChI is InChI=1S/C14H10BrN3O/c1-9(19)10-3-2-4-13(6-10)18-14-11(7-16)5-12(15)8-17-14/h2-6,8H,1H3,(H,17,18). The lowest BCUT2D eigenvalue weighted by Gasteiger charge is -2.08. The maximum atomic E-state index is 11.3. The predicted molar refractivity (Wildman–Crippen MR) is 76.4 cm³/mol. The first-order valence-corrected chi connectivity index (χ1v) is 6.33. The molecule has 1 aromatic carbocycles. The zero-order valence-electron chi connectivity index (χ0n) is 10.1. The number of carbonyl (C=O) groups excluding carboxylic acids is 1. The number of aromatic nitrogens is 1. The summed E-state index contributed by atoms with van der Waals surface area (Å²) >= 11 is 3.27. The van der Waals surface area contributed by atoms with Crippen LogP contribution >= 0.6 is 15.9 Å². The highest BCUT2D eigenvalue weighted by Gasteiger charge is 2.06. The smallest absolute Gasteiger partial charge is 0.159 e. The number of nitrogens with zero attached hydrogens (tertiary/aromatic N) is 2. The fourth-order valence-corrected chi connectivity index (χ4v) is 1.91. The Labute approximate surface area is 119 Å². The first kappa shape index (κ1) is 13.2. The van der Waals surface area contributed by atoms with Gasteiger partial charge in [-0.15, -0.1) is 0 Å². The van der Waals surface area contributed by atoms with Crippen LogP contribution in [0.25, 0.3) is 0 Å². The number of Topliss-reactive ketones (excluding diaryl/α,β-unsaturated/α-hetero) is 1. The maximum absolute atomic E-state index is 11.3. The molecule has 0 amide bonds. The van der Waals surface area contributed by atoms with E-state index >= 15 is 0 Å². The molecule has 1 N–H and O–H groups in total. The third kappa shape index (κ3) is 3.18. The Morgan fingerprint density at radius 2 is 2.21 bits per heavy atom. The molecule has 5 heteroatoms. The Morgan fingerprint density at radius 1 is 1.42 bits per heavy atom. The van der Waals surface area contributed by atoms with Gasteiger partial charge >= 0.3 is 0 Å². The van der Waals surface area contributed by atoms with E-state index in [1.807, 2.05) is 6.07 Å². The molecule has 0 radical (unpaired) electrons. The summed E-state index contributed by atoms with van der Waals surface area (Å²) in [7, 11) is 0. The lowest BCUT2D eigenvalue weighted by molar-refractivity contribution is 0.101. The molecule has 0 saturated heterocycles. The fourth-order valence-electron chi connectivity index (χ4n) is 1.58. The minimum Gasteiger partial charge on any atom is -0.339 e. The Bertz CT molecular complexity index is 677. The van der Waals surface area contributed by atoms with Crippen molar-refractivity contribution in [2.75, 3.05) is 5.32 Å². The van der Waals surface area contributed by atoms with E-state index in [4.69, 9.17) is 5.26 Å². The van der Waals surface area contributed by atoms with Crippen molar-refractivity contribution in [2.45, 2.75) is 6.92 Å². The summed E-state index contributed by atoms with van der Waals surface area (Å²) in [5.74, 6) is 0.458. The normalized spacial score (nSPS) is 9.74. The van der Waals surface area contributed by atoms with Gasteiger partial charge in [0.25, 0.3) is 0 Å². The molecule has 0 unspecified atom stereocenters. The highest BCUT2D eigenvalue weighted by Crippen LogP contribution is 2.22. The van der Waals surface area contributed by atoms with Crippen molar-refractivity contribution in [3.05, 3.63) is 52.1 Å². The number of anilines is 2. The molecule has 1 heterocycles. The summed E-state index contributed by atoms with van der Waals surface area (Å²) in [4.78, 5) is 15.5. The summed E-state index contributed by atoms with van der Waals surface area (Å²) in [6.45, 7) is 1.51. The van der Waals surface area contributed by atoms with Gasteiger partial charge in [-0.25, -0.2) is 4.98 Å². The van der Waals surface area contributed by atoms with E-state index in [2.05, 4.69) is 32.3 Å². The molecule has 0 aliphatic rings. The molecule has 0 bridgehead atoms. The van der Waals surface area contributed by atoms with Crippen molar-refractivity contribution in [3.63, 3.8) is 0 Å². The lowest BCUT2D eigenvalue weighted by Crippen LogP contribution is -1.99. The number of halogens is 1. The number of hydrogen-bond donors (Lipinski definition) is 1. The topological polar surface area (TPSA) is 65.8 Å². The Hall–Kier alpha value is -2.19. The summed E-state index contributed by atoms with van der Waals surface area (Å²) in [5.41, 5.74) is 1.77. The van der Waals surface area contributed by atoms with E-state index in [0.717, 1.165) is 10.2 Å². The van der Waals surface area contributed by atoms with Crippen LogP contribution in [0.3, 0.4) is 0 Å². The number of nitriles is 1. The van der Waals surface area contributed by atoms with Gasteiger partial charge in [0.05, 0.1) is 5.56 Å². The van der Waals surface area contributed by atoms with Gasteiger partial charge in [-0.2, -0.15) is 5.26 Å². The van der Waals surface area contributed by atoms with E-state index in [-0.39, 0.29) is 5.78 Å². The van der Waals surface area contributed by atoms with Crippen LogP contribution in [0.4, 0.5) is 11.5 Å². The zero-order chi connectivity index (χ0) is 13.8. The number of nitrogens with one attached hydrogen (secondary N) is 1. The van der Waals surface area contributed by atoms with Gasteiger partial charge in [-0.05, 0) is 41.1 Å². The van der Waals surface area contributed by atoms with Crippen LogP contribution in [0, 0.1) is 11.3 Å². The molecule has 0 aliphatic carbocycles. The number of pyridine rings is 1. The van der Waals surface area contributed by atoms with E-state index in [1.54, 1.807) is 30.5 Å². The van der Waals surface area contributed by atoms with Crippen LogP contribution in [0.5, 0.6) is 0 Å². The van der Waals surface area contributed by atoms with Crippen molar-refractivity contribution in [1.82, 2.24) is 4.98 Å². The zero-order valence-corrected chi connectivity index (χ0v) is 11.7. The van der Waals surface area contributed by atoms with Crippen LogP contribution in [0.2, 0.25) is 0 Å². The van der Waals surface area contributed by atoms with Crippen LogP contribution in [0.1, 0.15) is 22.8 Å². The SMILES string of the molecule is CC(=O)c1cccc(Nc2ncc(Br)cc2C#N)c1. The minimum absolute atomic E-state index is 0.00655. The maximum Gasteiger partial charge on any atom is 0.159 e. The van der Waals surface area contributed by atoms with E-state index in [9.17, 15) is 4.79 Å². The van der Waals surface area contributed by atoms with Gasteiger partial charge in [-0.3, -0.25) is 4.79 Å². The van der Waals surface area contributed by atoms with Crippen molar-refractivity contribution in [1.29, 1.82) is 5.26 Å². The molecule has 94 valence electrons. The lowest BCUT2D eigenvalue weighted by atomic mass is 10.1. The first-order valence-electron chi connectivity index (χ1n) is 5.54. The van der Waals surface area contributed by atoms with Gasteiger partial charge in [0.2, 0.25) is 0 Å². The third-order valence-electron chi connectivity index (χ3n) is 2.51. The number of rotatable bonds is 3. The number of carbonyl (C=O) groups is 1. The quantitative estimate of drug-likeness (QED) is 0.878. The average molecular weight is 316 g/mol. The molecule has 0 fully saturated rings. The number of benzene rings is 1. The molecule has 0 aliphatic heterocycles. The summed E-state index contributed by atoms with van der Waals surface area (Å²) in [6.07, 6.45) is 1.61. The highest BCUT2D eigenvalue weighted by molar-refractivity contribution is 9.10. The van der Waals surface area contributed by atoms with Gasteiger partial charge < -0.3 is 5.32 Å².